The summed E-state index contributed by atoms with van der Waals surface area (Å²) in [6.45, 7) is 4.02. The number of carboxylic acid groups (broad SMARTS) is 1. The standard InChI is InChI=1S/C31H41FN2O4S/c32-27-9-5-8-25(19-27)29-22-34(30(31(35)36)18-24-6-4-7-24)21-26(29)20-33-15-12-23(13-16-33)14-17-39(37,38)28-10-2-1-3-11-28/h1-3,5,8-11,19,23-24,26,29-30H,4,6-7,12-18,20-22H2,(H,35,36). The molecule has 3 aliphatic rings. The number of likely N-dealkylation sites (tertiary alicyclic amines) is 2. The van der Waals surface area contributed by atoms with E-state index in [0.29, 0.717) is 42.7 Å². The predicted molar refractivity (Wildman–Crippen MR) is 150 cm³/mol. The van der Waals surface area contributed by atoms with Gasteiger partial charge in [-0.15, -0.1) is 0 Å². The minimum Gasteiger partial charge on any atom is -0.480 e. The Bertz CT molecular complexity index is 1210. The average molecular weight is 557 g/mol. The van der Waals surface area contributed by atoms with E-state index in [1.54, 1.807) is 36.4 Å². The van der Waals surface area contributed by atoms with Crippen LogP contribution in [0.15, 0.2) is 59.5 Å². The molecule has 3 atom stereocenters. The molecular weight excluding hydrogens is 515 g/mol. The van der Waals surface area contributed by atoms with Gasteiger partial charge < -0.3 is 10.0 Å². The molecule has 1 N–H and O–H groups in total. The summed E-state index contributed by atoms with van der Waals surface area (Å²) >= 11 is 0. The second kappa shape index (κ2) is 12.5. The van der Waals surface area contributed by atoms with Crippen LogP contribution in [-0.4, -0.2) is 73.8 Å². The number of piperidine rings is 1. The molecule has 0 radical (unpaired) electrons. The van der Waals surface area contributed by atoms with E-state index in [0.717, 1.165) is 50.9 Å². The summed E-state index contributed by atoms with van der Waals surface area (Å²) in [5.41, 5.74) is 0.955. The molecule has 2 aromatic rings. The molecule has 2 aromatic carbocycles. The van der Waals surface area contributed by atoms with Crippen LogP contribution in [0.1, 0.15) is 56.4 Å². The SMILES string of the molecule is O=C(O)C(CC1CCC1)N1CC(CN2CCC(CCS(=O)(=O)c3ccccc3)CC2)C(c2cccc(F)c2)C1. The Morgan fingerprint density at radius 2 is 1.72 bits per heavy atom. The van der Waals surface area contributed by atoms with E-state index in [1.165, 1.54) is 12.5 Å². The molecule has 3 unspecified atom stereocenters. The lowest BCUT2D eigenvalue weighted by atomic mass is 9.80. The number of rotatable bonds is 11. The third kappa shape index (κ3) is 7.08. The van der Waals surface area contributed by atoms with E-state index < -0.39 is 21.8 Å². The zero-order valence-corrected chi connectivity index (χ0v) is 23.4. The van der Waals surface area contributed by atoms with Crippen molar-refractivity contribution in [3.8, 4) is 0 Å². The Labute approximate surface area is 232 Å². The second-order valence-electron chi connectivity index (χ2n) is 11.9. The lowest BCUT2D eigenvalue weighted by Gasteiger charge is -2.35. The van der Waals surface area contributed by atoms with Gasteiger partial charge in [-0.1, -0.05) is 49.6 Å². The molecule has 5 rings (SSSR count). The molecule has 0 aromatic heterocycles. The van der Waals surface area contributed by atoms with Crippen molar-refractivity contribution in [3.05, 3.63) is 66.0 Å². The van der Waals surface area contributed by atoms with E-state index in [9.17, 15) is 22.7 Å². The average Bonchev–Trinajstić information content (AvgIpc) is 3.31. The number of hydrogen-bond donors (Lipinski definition) is 1. The maximum absolute atomic E-state index is 14.2. The van der Waals surface area contributed by atoms with Gasteiger partial charge in [0.15, 0.2) is 9.84 Å². The minimum absolute atomic E-state index is 0.0951. The molecule has 1 aliphatic carbocycles. The van der Waals surface area contributed by atoms with Gasteiger partial charge in [0.1, 0.15) is 11.9 Å². The van der Waals surface area contributed by atoms with Crippen LogP contribution in [0.2, 0.25) is 0 Å². The largest absolute Gasteiger partial charge is 0.480 e. The van der Waals surface area contributed by atoms with Gasteiger partial charge in [0.05, 0.1) is 10.6 Å². The Balaban J connectivity index is 1.19. The molecule has 0 bridgehead atoms. The van der Waals surface area contributed by atoms with E-state index >= 15 is 0 Å². The number of nitrogens with zero attached hydrogens (tertiary/aromatic N) is 2. The molecule has 39 heavy (non-hydrogen) atoms. The van der Waals surface area contributed by atoms with Crippen molar-refractivity contribution in [2.45, 2.75) is 61.8 Å². The number of benzene rings is 2. The lowest BCUT2D eigenvalue weighted by Crippen LogP contribution is -2.43. The van der Waals surface area contributed by atoms with Crippen molar-refractivity contribution < 1.29 is 22.7 Å². The maximum Gasteiger partial charge on any atom is 0.320 e. The van der Waals surface area contributed by atoms with Crippen LogP contribution in [0.5, 0.6) is 0 Å². The van der Waals surface area contributed by atoms with E-state index in [2.05, 4.69) is 9.80 Å². The first-order valence-electron chi connectivity index (χ1n) is 14.5. The number of carboxylic acids is 1. The number of sulfone groups is 1. The summed E-state index contributed by atoms with van der Waals surface area (Å²) in [5, 5.41) is 10.1. The van der Waals surface area contributed by atoms with Gasteiger partial charge >= 0.3 is 5.97 Å². The van der Waals surface area contributed by atoms with Crippen LogP contribution >= 0.6 is 0 Å². The van der Waals surface area contributed by atoms with Gasteiger partial charge in [-0.05, 0) is 86.4 Å². The summed E-state index contributed by atoms with van der Waals surface area (Å²) in [5.74, 6) is 0.397. The monoisotopic (exact) mass is 556 g/mol. The van der Waals surface area contributed by atoms with Crippen molar-refractivity contribution in [2.24, 2.45) is 17.8 Å². The van der Waals surface area contributed by atoms with Crippen LogP contribution in [0.25, 0.3) is 0 Å². The first-order chi connectivity index (χ1) is 18.8. The summed E-state index contributed by atoms with van der Waals surface area (Å²) in [7, 11) is -3.26. The highest BCUT2D eigenvalue weighted by Crippen LogP contribution is 2.38. The van der Waals surface area contributed by atoms with E-state index in [4.69, 9.17) is 0 Å². The van der Waals surface area contributed by atoms with Gasteiger partial charge in [-0.25, -0.2) is 12.8 Å². The van der Waals surface area contributed by atoms with Crippen molar-refractivity contribution in [3.63, 3.8) is 0 Å². The fourth-order valence-electron chi connectivity index (χ4n) is 6.77. The Kier molecular flexibility index (Phi) is 9.04. The fourth-order valence-corrected chi connectivity index (χ4v) is 8.22. The molecule has 212 valence electrons. The van der Waals surface area contributed by atoms with Gasteiger partial charge in [0, 0.05) is 25.6 Å². The maximum atomic E-state index is 14.2. The first-order valence-corrected chi connectivity index (χ1v) is 16.2. The normalized spacial score (nSPS) is 24.4. The molecule has 1 saturated carbocycles. The summed E-state index contributed by atoms with van der Waals surface area (Å²) in [6, 6.07) is 15.0. The van der Waals surface area contributed by atoms with Gasteiger partial charge in [0.25, 0.3) is 0 Å². The summed E-state index contributed by atoms with van der Waals surface area (Å²) < 4.78 is 39.6. The van der Waals surface area contributed by atoms with Gasteiger partial charge in [-0.3, -0.25) is 9.69 Å². The molecule has 3 fully saturated rings. The highest BCUT2D eigenvalue weighted by Gasteiger charge is 2.41. The van der Waals surface area contributed by atoms with Crippen molar-refractivity contribution in [1.82, 2.24) is 9.80 Å². The quantitative estimate of drug-likeness (QED) is 0.417. The molecule has 2 saturated heterocycles. The zero-order valence-electron chi connectivity index (χ0n) is 22.6. The fraction of sp³-hybridized carbons (Fsp3) is 0.581. The van der Waals surface area contributed by atoms with Crippen molar-refractivity contribution in [1.29, 1.82) is 0 Å². The smallest absolute Gasteiger partial charge is 0.320 e. The lowest BCUT2D eigenvalue weighted by molar-refractivity contribution is -0.144. The number of carbonyl (C=O) groups is 1. The van der Waals surface area contributed by atoms with Crippen LogP contribution in [0.4, 0.5) is 4.39 Å². The van der Waals surface area contributed by atoms with Crippen LogP contribution in [0, 0.1) is 23.6 Å². The number of halogens is 1. The second-order valence-corrected chi connectivity index (χ2v) is 14.0. The topological polar surface area (TPSA) is 77.9 Å². The number of aliphatic carboxylic acids is 1. The third-order valence-electron chi connectivity index (χ3n) is 9.35. The van der Waals surface area contributed by atoms with Gasteiger partial charge in [0.2, 0.25) is 0 Å². The zero-order chi connectivity index (χ0) is 27.4. The third-order valence-corrected chi connectivity index (χ3v) is 11.1. The van der Waals surface area contributed by atoms with Crippen LogP contribution in [-0.2, 0) is 14.6 Å². The molecule has 8 heteroatoms. The molecule has 2 heterocycles. The summed E-state index contributed by atoms with van der Waals surface area (Å²) in [4.78, 5) is 17.2. The van der Waals surface area contributed by atoms with Crippen LogP contribution < -0.4 is 0 Å². The highest BCUT2D eigenvalue weighted by atomic mass is 32.2. The van der Waals surface area contributed by atoms with Crippen molar-refractivity contribution in [2.75, 3.05) is 38.5 Å². The molecule has 0 amide bonds. The molecular formula is C31H41FN2O4S. The Morgan fingerprint density at radius 3 is 2.36 bits per heavy atom. The van der Waals surface area contributed by atoms with Crippen LogP contribution in [0.3, 0.4) is 0 Å². The van der Waals surface area contributed by atoms with E-state index in [-0.39, 0.29) is 23.4 Å². The molecule has 2 aliphatic heterocycles. The Morgan fingerprint density at radius 1 is 0.974 bits per heavy atom. The molecule has 0 spiro atoms. The number of hydrogen-bond acceptors (Lipinski definition) is 5. The first kappa shape index (κ1) is 28.2. The highest BCUT2D eigenvalue weighted by molar-refractivity contribution is 7.91. The predicted octanol–water partition coefficient (Wildman–Crippen LogP) is 5.06. The van der Waals surface area contributed by atoms with E-state index in [1.807, 2.05) is 12.1 Å². The molecule has 6 nitrogen and oxygen atoms in total. The Hall–Kier alpha value is -2.29. The summed E-state index contributed by atoms with van der Waals surface area (Å²) in [6.07, 6.45) is 6.74. The minimum atomic E-state index is -3.26. The van der Waals surface area contributed by atoms with Crippen molar-refractivity contribution >= 4 is 15.8 Å². The van der Waals surface area contributed by atoms with Gasteiger partial charge in [-0.2, -0.15) is 0 Å².